The Morgan fingerprint density at radius 1 is 1.15 bits per heavy atom. The Morgan fingerprint density at radius 2 is 1.85 bits per heavy atom. The molecule has 0 spiro atoms. The van der Waals surface area contributed by atoms with Gasteiger partial charge in [0.05, 0.1) is 10.5 Å². The predicted octanol–water partition coefficient (Wildman–Crippen LogP) is 4.03. The number of amides is 1. The van der Waals surface area contributed by atoms with Crippen LogP contribution in [-0.4, -0.2) is 31.2 Å². The van der Waals surface area contributed by atoms with E-state index in [2.05, 4.69) is 5.32 Å². The molecular formula is C20H23FN2O3S. The molecule has 0 radical (unpaired) electrons. The number of halogens is 1. The number of nitrogens with zero attached hydrogens (tertiary/aromatic N) is 1. The summed E-state index contributed by atoms with van der Waals surface area (Å²) in [6, 6.07) is 11.7. The maximum atomic E-state index is 13.7. The molecular weight excluding hydrogens is 367 g/mol. The average molecular weight is 390 g/mol. The zero-order valence-electron chi connectivity index (χ0n) is 15.2. The lowest BCUT2D eigenvalue weighted by Gasteiger charge is -2.34. The normalized spacial score (nSPS) is 18.2. The van der Waals surface area contributed by atoms with Crippen molar-refractivity contribution in [2.75, 3.05) is 11.9 Å². The van der Waals surface area contributed by atoms with Crippen LogP contribution in [0.15, 0.2) is 53.4 Å². The average Bonchev–Trinajstić information content (AvgIpc) is 2.68. The van der Waals surface area contributed by atoms with E-state index in [0.717, 1.165) is 25.7 Å². The van der Waals surface area contributed by atoms with Gasteiger partial charge in [0.1, 0.15) is 5.82 Å². The molecule has 27 heavy (non-hydrogen) atoms. The SMILES string of the molecule is CC[C@@H]1CCCCN1S(=O)(=O)c1ccc(NC(=O)c2ccccc2F)cc1. The van der Waals surface area contributed by atoms with Crippen LogP contribution in [0.3, 0.4) is 0 Å². The van der Waals surface area contributed by atoms with Crippen molar-refractivity contribution >= 4 is 21.6 Å². The van der Waals surface area contributed by atoms with Gasteiger partial charge in [-0.25, -0.2) is 12.8 Å². The van der Waals surface area contributed by atoms with Crippen LogP contribution in [0.4, 0.5) is 10.1 Å². The number of anilines is 1. The molecule has 2 aromatic carbocycles. The van der Waals surface area contributed by atoms with Gasteiger partial charge in [0.15, 0.2) is 0 Å². The van der Waals surface area contributed by atoms with E-state index in [0.29, 0.717) is 12.2 Å². The van der Waals surface area contributed by atoms with E-state index in [1.165, 1.54) is 42.5 Å². The third-order valence-corrected chi connectivity index (χ3v) is 6.85. The fourth-order valence-corrected chi connectivity index (χ4v) is 5.16. The molecule has 0 bridgehead atoms. The summed E-state index contributed by atoms with van der Waals surface area (Å²) < 4.78 is 41.2. The van der Waals surface area contributed by atoms with E-state index < -0.39 is 21.7 Å². The van der Waals surface area contributed by atoms with Crippen LogP contribution in [0.1, 0.15) is 43.0 Å². The molecule has 7 heteroatoms. The summed E-state index contributed by atoms with van der Waals surface area (Å²) in [6.07, 6.45) is 3.58. The van der Waals surface area contributed by atoms with Crippen molar-refractivity contribution in [3.63, 3.8) is 0 Å². The van der Waals surface area contributed by atoms with Crippen molar-refractivity contribution in [1.29, 1.82) is 0 Å². The smallest absolute Gasteiger partial charge is 0.258 e. The molecule has 1 heterocycles. The first-order chi connectivity index (χ1) is 12.9. The van der Waals surface area contributed by atoms with E-state index in [9.17, 15) is 17.6 Å². The number of piperidine rings is 1. The van der Waals surface area contributed by atoms with Crippen molar-refractivity contribution in [2.45, 2.75) is 43.5 Å². The Hall–Kier alpha value is -2.25. The molecule has 0 aliphatic carbocycles. The van der Waals surface area contributed by atoms with E-state index in [1.54, 1.807) is 10.4 Å². The van der Waals surface area contributed by atoms with Gasteiger partial charge in [-0.15, -0.1) is 0 Å². The Morgan fingerprint density at radius 3 is 2.52 bits per heavy atom. The van der Waals surface area contributed by atoms with E-state index >= 15 is 0 Å². The molecule has 144 valence electrons. The minimum atomic E-state index is -3.57. The van der Waals surface area contributed by atoms with E-state index in [-0.39, 0.29) is 16.5 Å². The third kappa shape index (κ3) is 4.20. The van der Waals surface area contributed by atoms with Crippen molar-refractivity contribution < 1.29 is 17.6 Å². The van der Waals surface area contributed by atoms with Gasteiger partial charge in [0, 0.05) is 18.3 Å². The predicted molar refractivity (Wildman–Crippen MR) is 103 cm³/mol. The molecule has 1 aliphatic rings. The van der Waals surface area contributed by atoms with Crippen LogP contribution in [0.5, 0.6) is 0 Å². The number of sulfonamides is 1. The quantitative estimate of drug-likeness (QED) is 0.838. The maximum absolute atomic E-state index is 13.7. The fraction of sp³-hybridized carbons (Fsp3) is 0.350. The lowest BCUT2D eigenvalue weighted by Crippen LogP contribution is -2.43. The van der Waals surface area contributed by atoms with Crippen molar-refractivity contribution in [1.82, 2.24) is 4.31 Å². The molecule has 3 rings (SSSR count). The molecule has 1 atom stereocenters. The summed E-state index contributed by atoms with van der Waals surface area (Å²) in [5.74, 6) is -1.18. The van der Waals surface area contributed by atoms with Gasteiger partial charge < -0.3 is 5.32 Å². The zero-order chi connectivity index (χ0) is 19.4. The summed E-state index contributed by atoms with van der Waals surface area (Å²) in [5.41, 5.74) is 0.348. The Kier molecular flexibility index (Phi) is 5.92. The zero-order valence-corrected chi connectivity index (χ0v) is 16.0. The highest BCUT2D eigenvalue weighted by molar-refractivity contribution is 7.89. The van der Waals surface area contributed by atoms with Crippen molar-refractivity contribution in [3.05, 3.63) is 59.9 Å². The molecule has 0 saturated carbocycles. The topological polar surface area (TPSA) is 66.5 Å². The largest absolute Gasteiger partial charge is 0.322 e. The van der Waals surface area contributed by atoms with Crippen LogP contribution in [0, 0.1) is 5.82 Å². The summed E-state index contributed by atoms with van der Waals surface area (Å²) in [6.45, 7) is 2.53. The molecule has 1 saturated heterocycles. The number of hydrogen-bond acceptors (Lipinski definition) is 3. The Bertz CT molecular complexity index is 913. The molecule has 5 nitrogen and oxygen atoms in total. The second-order valence-electron chi connectivity index (χ2n) is 6.63. The standard InChI is InChI=1S/C20H23FN2O3S/c1-2-16-7-5-6-14-23(16)27(25,26)17-12-10-15(11-13-17)22-20(24)18-8-3-4-9-19(18)21/h3-4,8-13,16H,2,5-7,14H2,1H3,(H,22,24)/t16-/m1/s1. The highest BCUT2D eigenvalue weighted by atomic mass is 32.2. The minimum Gasteiger partial charge on any atom is -0.322 e. The third-order valence-electron chi connectivity index (χ3n) is 4.88. The minimum absolute atomic E-state index is 0.0317. The number of carbonyl (C=O) groups excluding carboxylic acids is 1. The summed E-state index contributed by atoms with van der Waals surface area (Å²) >= 11 is 0. The van der Waals surface area contributed by atoms with Gasteiger partial charge in [-0.2, -0.15) is 4.31 Å². The summed E-state index contributed by atoms with van der Waals surface area (Å²) in [4.78, 5) is 12.4. The first-order valence-electron chi connectivity index (χ1n) is 9.11. The van der Waals surface area contributed by atoms with Gasteiger partial charge in [0.2, 0.25) is 10.0 Å². The molecule has 1 N–H and O–H groups in total. The number of nitrogens with one attached hydrogen (secondary N) is 1. The fourth-order valence-electron chi connectivity index (χ4n) is 3.39. The number of hydrogen-bond donors (Lipinski definition) is 1. The number of rotatable bonds is 5. The Balaban J connectivity index is 1.77. The molecule has 1 amide bonds. The van der Waals surface area contributed by atoms with E-state index in [4.69, 9.17) is 0 Å². The van der Waals surface area contributed by atoms with Crippen molar-refractivity contribution in [2.24, 2.45) is 0 Å². The molecule has 0 unspecified atom stereocenters. The van der Waals surface area contributed by atoms with Crippen LogP contribution in [-0.2, 0) is 10.0 Å². The molecule has 1 fully saturated rings. The van der Waals surface area contributed by atoms with Crippen LogP contribution < -0.4 is 5.32 Å². The monoisotopic (exact) mass is 390 g/mol. The van der Waals surface area contributed by atoms with Crippen LogP contribution in [0.2, 0.25) is 0 Å². The second kappa shape index (κ2) is 8.19. The van der Waals surface area contributed by atoms with Gasteiger partial charge in [0.25, 0.3) is 5.91 Å². The first kappa shape index (κ1) is 19.5. The second-order valence-corrected chi connectivity index (χ2v) is 8.52. The lowest BCUT2D eigenvalue weighted by molar-refractivity contribution is 0.102. The highest BCUT2D eigenvalue weighted by Crippen LogP contribution is 2.27. The maximum Gasteiger partial charge on any atom is 0.258 e. The summed E-state index contributed by atoms with van der Waals surface area (Å²) in [5, 5.41) is 2.59. The summed E-state index contributed by atoms with van der Waals surface area (Å²) in [7, 11) is -3.57. The van der Waals surface area contributed by atoms with Gasteiger partial charge in [-0.1, -0.05) is 25.5 Å². The highest BCUT2D eigenvalue weighted by Gasteiger charge is 2.32. The van der Waals surface area contributed by atoms with E-state index in [1.807, 2.05) is 6.92 Å². The van der Waals surface area contributed by atoms with Crippen LogP contribution in [0.25, 0.3) is 0 Å². The van der Waals surface area contributed by atoms with Gasteiger partial charge in [-0.3, -0.25) is 4.79 Å². The molecule has 0 aromatic heterocycles. The molecule has 1 aliphatic heterocycles. The Labute approximate surface area is 159 Å². The van der Waals surface area contributed by atoms with Gasteiger partial charge >= 0.3 is 0 Å². The molecule has 2 aromatic rings. The van der Waals surface area contributed by atoms with Crippen LogP contribution >= 0.6 is 0 Å². The first-order valence-corrected chi connectivity index (χ1v) is 10.5. The number of benzene rings is 2. The number of carbonyl (C=O) groups is 1. The van der Waals surface area contributed by atoms with Gasteiger partial charge in [-0.05, 0) is 55.7 Å². The van der Waals surface area contributed by atoms with Crippen molar-refractivity contribution in [3.8, 4) is 0 Å². The lowest BCUT2D eigenvalue weighted by atomic mass is 10.0.